The Labute approximate surface area is 155 Å². The summed E-state index contributed by atoms with van der Waals surface area (Å²) < 4.78 is 0. The summed E-state index contributed by atoms with van der Waals surface area (Å²) in [6, 6.07) is 8.98. The van der Waals surface area contributed by atoms with E-state index in [-0.39, 0.29) is 6.04 Å². The molecule has 0 aliphatic carbocycles. The quantitative estimate of drug-likeness (QED) is 0.869. The number of piperidine rings is 1. The highest BCUT2D eigenvalue weighted by molar-refractivity contribution is 5.60. The van der Waals surface area contributed by atoms with E-state index in [1.54, 1.807) is 0 Å². The lowest BCUT2D eigenvalue weighted by Gasteiger charge is -2.31. The Morgan fingerprint density at radius 3 is 2.65 bits per heavy atom. The fraction of sp³-hybridized carbons (Fsp3) is 0.500. The molecule has 3 N–H and O–H groups in total. The molecule has 0 spiro atoms. The zero-order valence-electron chi connectivity index (χ0n) is 15.3. The average molecular weight is 352 g/mol. The summed E-state index contributed by atoms with van der Waals surface area (Å²) in [6.45, 7) is 7.29. The van der Waals surface area contributed by atoms with Gasteiger partial charge in [-0.05, 0) is 18.4 Å². The minimum Gasteiger partial charge on any atom is -0.354 e. The fourth-order valence-corrected chi connectivity index (χ4v) is 3.77. The van der Waals surface area contributed by atoms with Crippen molar-refractivity contribution in [3.8, 4) is 11.3 Å². The lowest BCUT2D eigenvalue weighted by atomic mass is 10.1. The predicted molar refractivity (Wildman–Crippen MR) is 105 cm³/mol. The van der Waals surface area contributed by atoms with Crippen LogP contribution in [0, 0.1) is 0 Å². The van der Waals surface area contributed by atoms with Crippen LogP contribution in [0.1, 0.15) is 18.4 Å². The van der Waals surface area contributed by atoms with Crippen LogP contribution < -0.4 is 16.0 Å². The Morgan fingerprint density at radius 1 is 1.08 bits per heavy atom. The van der Waals surface area contributed by atoms with Crippen molar-refractivity contribution in [3.63, 3.8) is 0 Å². The van der Waals surface area contributed by atoms with Gasteiger partial charge in [-0.3, -0.25) is 9.88 Å². The number of nitrogens with zero attached hydrogens (tertiary/aromatic N) is 4. The molecular formula is C20H28N6. The summed E-state index contributed by atoms with van der Waals surface area (Å²) in [4.78, 5) is 14.0. The molecule has 2 aliphatic rings. The monoisotopic (exact) mass is 352 g/mol. The first-order chi connectivity index (χ1) is 12.8. The second-order valence-corrected chi connectivity index (χ2v) is 7.33. The van der Waals surface area contributed by atoms with Crippen molar-refractivity contribution in [3.05, 3.63) is 42.2 Å². The number of benzene rings is 1. The molecule has 0 bridgehead atoms. The first-order valence-electron chi connectivity index (χ1n) is 9.63. The van der Waals surface area contributed by atoms with Crippen LogP contribution in [0.5, 0.6) is 0 Å². The molecule has 0 radical (unpaired) electrons. The summed E-state index contributed by atoms with van der Waals surface area (Å²) in [5.41, 5.74) is 9.50. The molecule has 1 aromatic heterocycles. The highest BCUT2D eigenvalue weighted by atomic mass is 15.2. The molecule has 0 saturated carbocycles. The third kappa shape index (κ3) is 4.20. The molecule has 1 atom stereocenters. The maximum atomic E-state index is 6.11. The summed E-state index contributed by atoms with van der Waals surface area (Å²) in [7, 11) is 0. The molecule has 6 heteroatoms. The molecule has 2 aliphatic heterocycles. The second-order valence-electron chi connectivity index (χ2n) is 7.33. The third-order valence-electron chi connectivity index (χ3n) is 5.27. The molecule has 138 valence electrons. The van der Waals surface area contributed by atoms with E-state index in [2.05, 4.69) is 44.4 Å². The van der Waals surface area contributed by atoms with E-state index in [4.69, 9.17) is 10.7 Å². The fourth-order valence-electron chi connectivity index (χ4n) is 3.77. The van der Waals surface area contributed by atoms with Gasteiger partial charge in [-0.15, -0.1) is 0 Å². The summed E-state index contributed by atoms with van der Waals surface area (Å²) in [5, 5.41) is 3.40. The number of aromatic nitrogens is 2. The molecule has 1 unspecified atom stereocenters. The Hall–Kier alpha value is -2.02. The van der Waals surface area contributed by atoms with Crippen LogP contribution in [0.2, 0.25) is 0 Å². The number of hydrogen-bond donors (Lipinski definition) is 2. The van der Waals surface area contributed by atoms with Crippen molar-refractivity contribution in [2.45, 2.75) is 25.4 Å². The number of hydrogen-bond acceptors (Lipinski definition) is 6. The van der Waals surface area contributed by atoms with E-state index in [1.807, 2.05) is 12.4 Å². The van der Waals surface area contributed by atoms with Gasteiger partial charge in [-0.2, -0.15) is 0 Å². The first-order valence-corrected chi connectivity index (χ1v) is 9.63. The smallest absolute Gasteiger partial charge is 0.147 e. The zero-order valence-corrected chi connectivity index (χ0v) is 15.3. The van der Waals surface area contributed by atoms with Crippen molar-refractivity contribution in [2.24, 2.45) is 5.73 Å². The first kappa shape index (κ1) is 17.4. The topological polar surface area (TPSA) is 70.3 Å². The Morgan fingerprint density at radius 2 is 1.88 bits per heavy atom. The number of nitrogens with one attached hydrogen (secondary N) is 1. The molecule has 4 rings (SSSR count). The summed E-state index contributed by atoms with van der Waals surface area (Å²) in [5.74, 6) is 0.933. The number of piperazine rings is 1. The molecule has 1 aromatic carbocycles. The second kappa shape index (κ2) is 8.12. The minimum absolute atomic E-state index is 0.235. The molecule has 2 aromatic rings. The average Bonchev–Trinajstić information content (AvgIpc) is 2.69. The Balaban J connectivity index is 1.46. The van der Waals surface area contributed by atoms with E-state index in [9.17, 15) is 0 Å². The van der Waals surface area contributed by atoms with Gasteiger partial charge >= 0.3 is 0 Å². The minimum atomic E-state index is 0.235. The van der Waals surface area contributed by atoms with Crippen LogP contribution in [0.25, 0.3) is 11.3 Å². The maximum Gasteiger partial charge on any atom is 0.147 e. The maximum absolute atomic E-state index is 6.11. The van der Waals surface area contributed by atoms with Crippen LogP contribution in [0.4, 0.5) is 5.82 Å². The van der Waals surface area contributed by atoms with Crippen LogP contribution in [0.15, 0.2) is 36.7 Å². The van der Waals surface area contributed by atoms with Crippen LogP contribution in [0.3, 0.4) is 0 Å². The summed E-state index contributed by atoms with van der Waals surface area (Å²) in [6.07, 6.45) is 5.91. The van der Waals surface area contributed by atoms with Crippen LogP contribution in [-0.2, 0) is 6.54 Å². The van der Waals surface area contributed by atoms with Crippen LogP contribution >= 0.6 is 0 Å². The lowest BCUT2D eigenvalue weighted by molar-refractivity contribution is 0.233. The molecule has 2 saturated heterocycles. The van der Waals surface area contributed by atoms with Gasteiger partial charge in [0.1, 0.15) is 5.82 Å². The molecule has 6 nitrogen and oxygen atoms in total. The van der Waals surface area contributed by atoms with Gasteiger partial charge in [-0.25, -0.2) is 4.98 Å². The SMILES string of the molecule is NC1CCCN(c2cncc(-c3ccc(CN4CCNCC4)cc3)n2)C1. The Bertz CT molecular complexity index is 710. The van der Waals surface area contributed by atoms with Gasteiger partial charge < -0.3 is 16.0 Å². The van der Waals surface area contributed by atoms with Crippen molar-refractivity contribution < 1.29 is 0 Å². The van der Waals surface area contributed by atoms with E-state index in [0.29, 0.717) is 0 Å². The summed E-state index contributed by atoms with van der Waals surface area (Å²) >= 11 is 0. The number of nitrogens with two attached hydrogens (primary N) is 1. The zero-order chi connectivity index (χ0) is 17.8. The number of rotatable bonds is 4. The van der Waals surface area contributed by atoms with Crippen LogP contribution in [-0.4, -0.2) is 60.2 Å². The molecular weight excluding hydrogens is 324 g/mol. The molecule has 3 heterocycles. The number of anilines is 1. The van der Waals surface area contributed by atoms with Gasteiger partial charge in [0.2, 0.25) is 0 Å². The van der Waals surface area contributed by atoms with Gasteiger partial charge in [0.05, 0.1) is 18.1 Å². The standard InChI is InChI=1S/C20H28N6/c21-18-2-1-9-26(15-18)20-13-23-12-19(24-20)17-5-3-16(4-6-17)14-25-10-7-22-8-11-25/h3-6,12-13,18,22H,1-2,7-11,14-15,21H2. The highest BCUT2D eigenvalue weighted by Gasteiger charge is 2.18. The van der Waals surface area contributed by atoms with E-state index < -0.39 is 0 Å². The largest absolute Gasteiger partial charge is 0.354 e. The van der Waals surface area contributed by atoms with Gasteiger partial charge in [0, 0.05) is 57.4 Å². The Kier molecular flexibility index (Phi) is 5.43. The van der Waals surface area contributed by atoms with Gasteiger partial charge in [-0.1, -0.05) is 24.3 Å². The third-order valence-corrected chi connectivity index (χ3v) is 5.27. The highest BCUT2D eigenvalue weighted by Crippen LogP contribution is 2.22. The molecule has 0 amide bonds. The van der Waals surface area contributed by atoms with E-state index >= 15 is 0 Å². The van der Waals surface area contributed by atoms with Crippen molar-refractivity contribution in [1.82, 2.24) is 20.2 Å². The molecule has 26 heavy (non-hydrogen) atoms. The lowest BCUT2D eigenvalue weighted by Crippen LogP contribution is -2.43. The normalized spacial score (nSPS) is 21.7. The van der Waals surface area contributed by atoms with Crippen molar-refractivity contribution >= 4 is 5.82 Å². The van der Waals surface area contributed by atoms with Crippen molar-refractivity contribution in [2.75, 3.05) is 44.2 Å². The van der Waals surface area contributed by atoms with E-state index in [0.717, 1.165) is 75.7 Å². The van der Waals surface area contributed by atoms with E-state index in [1.165, 1.54) is 5.56 Å². The van der Waals surface area contributed by atoms with Gasteiger partial charge in [0.25, 0.3) is 0 Å². The van der Waals surface area contributed by atoms with Gasteiger partial charge in [0.15, 0.2) is 0 Å². The van der Waals surface area contributed by atoms with Crippen molar-refractivity contribution in [1.29, 1.82) is 0 Å². The molecule has 2 fully saturated rings. The predicted octanol–water partition coefficient (Wildman–Crippen LogP) is 1.48.